The fraction of sp³-hybridized carbons (Fsp3) is 0.0667. The number of hydrogen-bond donors (Lipinski definition) is 0. The molecule has 0 aliphatic carbocycles. The molecule has 0 N–H and O–H groups in total. The number of rotatable bonds is 2. The summed E-state index contributed by atoms with van der Waals surface area (Å²) in [6.45, 7) is 0. The van der Waals surface area contributed by atoms with Crippen LogP contribution in [0.15, 0.2) is 52.6 Å². The molecule has 118 valence electrons. The first-order valence-corrected chi connectivity index (χ1v) is 7.78. The minimum absolute atomic E-state index is 0.457. The van der Waals surface area contributed by atoms with E-state index in [9.17, 15) is 9.59 Å². The quantitative estimate of drug-likeness (QED) is 0.541. The Labute approximate surface area is 138 Å². The van der Waals surface area contributed by atoms with Crippen LogP contribution in [0.4, 0.5) is 0 Å². The lowest BCUT2D eigenvalue weighted by Crippen LogP contribution is -2.38. The predicted octanol–water partition coefficient (Wildman–Crippen LogP) is 0.998. The molecule has 4 heterocycles. The zero-order valence-corrected chi connectivity index (χ0v) is 13.3. The first-order chi connectivity index (χ1) is 11.6. The average Bonchev–Trinajstić information content (AvgIpc) is 3.04. The lowest BCUT2D eigenvalue weighted by atomic mass is 10.3. The number of hydrogen-bond acceptors (Lipinski definition) is 7. The van der Waals surface area contributed by atoms with E-state index >= 15 is 0 Å². The van der Waals surface area contributed by atoms with E-state index in [1.165, 1.54) is 24.6 Å². The Morgan fingerprint density at radius 3 is 2.83 bits per heavy atom. The SMILES string of the molecule is Cn1c(=O)cnn(-c2cnc3nc(-c4cccnc4)sc3c2)c1=O. The second kappa shape index (κ2) is 5.46. The summed E-state index contributed by atoms with van der Waals surface area (Å²) in [5.41, 5.74) is 0.979. The van der Waals surface area contributed by atoms with Gasteiger partial charge in [0.25, 0.3) is 5.56 Å². The van der Waals surface area contributed by atoms with E-state index < -0.39 is 11.2 Å². The second-order valence-electron chi connectivity index (χ2n) is 5.01. The Bertz CT molecular complexity index is 1160. The fourth-order valence-electron chi connectivity index (χ4n) is 2.19. The first kappa shape index (κ1) is 14.4. The molecule has 8 nitrogen and oxygen atoms in total. The monoisotopic (exact) mass is 338 g/mol. The fourth-order valence-corrected chi connectivity index (χ4v) is 3.14. The highest BCUT2D eigenvalue weighted by atomic mass is 32.1. The van der Waals surface area contributed by atoms with Gasteiger partial charge in [-0.05, 0) is 18.2 Å². The molecular weight excluding hydrogens is 328 g/mol. The Hall–Kier alpha value is -3.20. The van der Waals surface area contributed by atoms with Crippen molar-refractivity contribution in [3.05, 3.63) is 63.8 Å². The van der Waals surface area contributed by atoms with Crippen LogP contribution >= 0.6 is 11.3 Å². The normalized spacial score (nSPS) is 11.0. The van der Waals surface area contributed by atoms with Crippen molar-refractivity contribution < 1.29 is 0 Å². The molecule has 0 saturated heterocycles. The van der Waals surface area contributed by atoms with E-state index in [1.807, 2.05) is 12.1 Å². The lowest BCUT2D eigenvalue weighted by molar-refractivity contribution is 0.654. The van der Waals surface area contributed by atoms with Crippen LogP contribution in [0.5, 0.6) is 0 Å². The van der Waals surface area contributed by atoms with Crippen LogP contribution in [0, 0.1) is 0 Å². The molecule has 4 rings (SSSR count). The second-order valence-corrected chi connectivity index (χ2v) is 6.04. The summed E-state index contributed by atoms with van der Waals surface area (Å²) < 4.78 is 2.94. The number of aromatic nitrogens is 6. The van der Waals surface area contributed by atoms with Crippen molar-refractivity contribution in [2.45, 2.75) is 0 Å². The molecule has 0 atom stereocenters. The van der Waals surface area contributed by atoms with Gasteiger partial charge in [-0.2, -0.15) is 9.78 Å². The van der Waals surface area contributed by atoms with Gasteiger partial charge in [0.15, 0.2) is 5.65 Å². The molecule has 0 aromatic carbocycles. The molecule has 4 aromatic rings. The topological polar surface area (TPSA) is 95.6 Å². The minimum Gasteiger partial charge on any atom is -0.267 e. The number of nitrogens with zero attached hydrogens (tertiary/aromatic N) is 6. The summed E-state index contributed by atoms with van der Waals surface area (Å²) in [4.78, 5) is 36.5. The van der Waals surface area contributed by atoms with Crippen LogP contribution in [0.2, 0.25) is 0 Å². The van der Waals surface area contributed by atoms with Gasteiger partial charge in [-0.15, -0.1) is 11.3 Å². The molecule has 0 unspecified atom stereocenters. The van der Waals surface area contributed by atoms with Crippen molar-refractivity contribution in [1.29, 1.82) is 0 Å². The summed E-state index contributed by atoms with van der Waals surface area (Å²) in [6, 6.07) is 5.54. The third-order valence-electron chi connectivity index (χ3n) is 3.47. The predicted molar refractivity (Wildman–Crippen MR) is 89.3 cm³/mol. The molecule has 0 saturated carbocycles. The van der Waals surface area contributed by atoms with E-state index in [1.54, 1.807) is 18.5 Å². The van der Waals surface area contributed by atoms with E-state index in [0.717, 1.165) is 30.7 Å². The molecule has 0 spiro atoms. The van der Waals surface area contributed by atoms with Crippen LogP contribution in [-0.4, -0.2) is 29.3 Å². The Morgan fingerprint density at radius 1 is 1.17 bits per heavy atom. The lowest BCUT2D eigenvalue weighted by Gasteiger charge is -2.04. The maximum Gasteiger partial charge on any atom is 0.351 e. The van der Waals surface area contributed by atoms with Gasteiger partial charge >= 0.3 is 5.69 Å². The molecule has 24 heavy (non-hydrogen) atoms. The molecule has 0 aliphatic heterocycles. The summed E-state index contributed by atoms with van der Waals surface area (Å²) >= 11 is 1.45. The average molecular weight is 338 g/mol. The molecule has 0 bridgehead atoms. The van der Waals surface area contributed by atoms with E-state index in [4.69, 9.17) is 0 Å². The Balaban J connectivity index is 1.86. The molecule has 9 heteroatoms. The van der Waals surface area contributed by atoms with Gasteiger partial charge in [-0.1, -0.05) is 0 Å². The molecule has 0 amide bonds. The van der Waals surface area contributed by atoms with Crippen LogP contribution in [-0.2, 0) is 7.05 Å². The number of fused-ring (bicyclic) bond motifs is 1. The van der Waals surface area contributed by atoms with Crippen molar-refractivity contribution in [3.63, 3.8) is 0 Å². The molecular formula is C15H10N6O2S. The highest BCUT2D eigenvalue weighted by Gasteiger charge is 2.11. The zero-order chi connectivity index (χ0) is 16.7. The summed E-state index contributed by atoms with van der Waals surface area (Å²) in [6.07, 6.45) is 6.04. The highest BCUT2D eigenvalue weighted by molar-refractivity contribution is 7.21. The highest BCUT2D eigenvalue weighted by Crippen LogP contribution is 2.29. The van der Waals surface area contributed by atoms with Gasteiger partial charge in [0.05, 0.1) is 16.6 Å². The third-order valence-corrected chi connectivity index (χ3v) is 4.51. The Kier molecular flexibility index (Phi) is 3.28. The van der Waals surface area contributed by atoms with Crippen molar-refractivity contribution in [3.8, 4) is 16.3 Å². The molecule has 0 radical (unpaired) electrons. The maximum absolute atomic E-state index is 12.2. The standard InChI is InChI=1S/C15H10N6O2S/c1-20-12(22)8-18-21(15(20)23)10-5-11-13(17-7-10)19-14(24-11)9-3-2-4-16-6-9/h2-8H,1H3. The van der Waals surface area contributed by atoms with Crippen molar-refractivity contribution in [2.75, 3.05) is 0 Å². The largest absolute Gasteiger partial charge is 0.351 e. The van der Waals surface area contributed by atoms with Crippen LogP contribution in [0.1, 0.15) is 0 Å². The first-order valence-electron chi connectivity index (χ1n) is 6.96. The Morgan fingerprint density at radius 2 is 2.04 bits per heavy atom. The minimum atomic E-state index is -0.527. The van der Waals surface area contributed by atoms with Gasteiger partial charge in [-0.3, -0.25) is 14.3 Å². The molecule has 4 aromatic heterocycles. The molecule has 0 aliphatic rings. The number of thiazole rings is 1. The van der Waals surface area contributed by atoms with Gasteiger partial charge in [0, 0.05) is 25.0 Å². The van der Waals surface area contributed by atoms with Gasteiger partial charge in [0.2, 0.25) is 0 Å². The van der Waals surface area contributed by atoms with Crippen LogP contribution in [0.3, 0.4) is 0 Å². The van der Waals surface area contributed by atoms with E-state index in [0.29, 0.717) is 11.3 Å². The maximum atomic E-state index is 12.2. The van der Waals surface area contributed by atoms with Crippen LogP contribution < -0.4 is 11.2 Å². The summed E-state index contributed by atoms with van der Waals surface area (Å²) in [5, 5.41) is 4.68. The van der Waals surface area contributed by atoms with E-state index in [2.05, 4.69) is 20.1 Å². The van der Waals surface area contributed by atoms with Gasteiger partial charge in [0.1, 0.15) is 11.2 Å². The van der Waals surface area contributed by atoms with Crippen molar-refractivity contribution in [2.24, 2.45) is 7.05 Å². The van der Waals surface area contributed by atoms with E-state index in [-0.39, 0.29) is 0 Å². The summed E-state index contributed by atoms with van der Waals surface area (Å²) in [5.74, 6) is 0. The summed E-state index contributed by atoms with van der Waals surface area (Å²) in [7, 11) is 1.40. The van der Waals surface area contributed by atoms with Gasteiger partial charge < -0.3 is 0 Å². The number of pyridine rings is 2. The van der Waals surface area contributed by atoms with Crippen molar-refractivity contribution >= 4 is 21.7 Å². The van der Waals surface area contributed by atoms with Crippen LogP contribution in [0.25, 0.3) is 26.6 Å². The van der Waals surface area contributed by atoms with Crippen molar-refractivity contribution in [1.82, 2.24) is 29.3 Å². The molecule has 0 fully saturated rings. The third kappa shape index (κ3) is 2.31. The smallest absolute Gasteiger partial charge is 0.267 e. The zero-order valence-electron chi connectivity index (χ0n) is 12.4. The van der Waals surface area contributed by atoms with Gasteiger partial charge in [-0.25, -0.2) is 14.8 Å².